The first kappa shape index (κ1) is 30.1. The fourth-order valence-corrected chi connectivity index (χ4v) is 7.11. The van der Waals surface area contributed by atoms with Crippen LogP contribution in [0.2, 0.25) is 0 Å². The molecule has 1 amide bonds. The van der Waals surface area contributed by atoms with Gasteiger partial charge in [-0.25, -0.2) is 9.97 Å². The normalized spacial score (nSPS) is 19.1. The molecule has 236 valence electrons. The van der Waals surface area contributed by atoms with Gasteiger partial charge in [0.15, 0.2) is 17.3 Å². The SMILES string of the molecule is NC(=O)c1ncc(N2CCC[C@@H](CC(=O)c3ccc(-c4ccccc4)cc3)C2)nc1Nc1ccc(C2CCN(C3CC3)CC2)cc1. The van der Waals surface area contributed by atoms with Crippen molar-refractivity contribution in [3.8, 4) is 11.1 Å². The summed E-state index contributed by atoms with van der Waals surface area (Å²) in [5, 5.41) is 3.31. The second kappa shape index (κ2) is 13.4. The predicted octanol–water partition coefficient (Wildman–Crippen LogP) is 6.82. The third-order valence-corrected chi connectivity index (χ3v) is 9.86. The van der Waals surface area contributed by atoms with Gasteiger partial charge in [0.1, 0.15) is 5.82 Å². The number of benzene rings is 3. The van der Waals surface area contributed by atoms with Crippen LogP contribution in [0.5, 0.6) is 0 Å². The third kappa shape index (κ3) is 6.97. The Morgan fingerprint density at radius 3 is 2.24 bits per heavy atom. The molecular formula is C38H42N6O2. The zero-order valence-electron chi connectivity index (χ0n) is 26.3. The minimum absolute atomic E-state index is 0.114. The molecule has 8 nitrogen and oxygen atoms in total. The van der Waals surface area contributed by atoms with Crippen LogP contribution < -0.4 is 16.0 Å². The van der Waals surface area contributed by atoms with Gasteiger partial charge in [-0.3, -0.25) is 9.59 Å². The fourth-order valence-electron chi connectivity index (χ4n) is 7.11. The number of Topliss-reactive ketones (excluding diaryl/α,β-unsaturated/α-hetero) is 1. The molecule has 1 aromatic heterocycles. The minimum atomic E-state index is -0.624. The highest BCUT2D eigenvalue weighted by atomic mass is 16.1. The number of amides is 1. The average molecular weight is 615 g/mol. The smallest absolute Gasteiger partial charge is 0.271 e. The summed E-state index contributed by atoms with van der Waals surface area (Å²) >= 11 is 0. The highest BCUT2D eigenvalue weighted by molar-refractivity contribution is 5.97. The summed E-state index contributed by atoms with van der Waals surface area (Å²) in [6.07, 6.45) is 9.16. The molecule has 7 rings (SSSR count). The lowest BCUT2D eigenvalue weighted by atomic mass is 9.89. The van der Waals surface area contributed by atoms with E-state index in [1.54, 1.807) is 6.20 Å². The maximum Gasteiger partial charge on any atom is 0.271 e. The van der Waals surface area contributed by atoms with Gasteiger partial charge >= 0.3 is 0 Å². The molecule has 3 heterocycles. The Morgan fingerprint density at radius 2 is 1.54 bits per heavy atom. The lowest BCUT2D eigenvalue weighted by Gasteiger charge is -2.33. The van der Waals surface area contributed by atoms with Crippen LogP contribution >= 0.6 is 0 Å². The number of ketones is 1. The van der Waals surface area contributed by atoms with E-state index >= 15 is 0 Å². The molecule has 3 N–H and O–H groups in total. The summed E-state index contributed by atoms with van der Waals surface area (Å²) in [4.78, 5) is 39.6. The molecule has 1 saturated carbocycles. The van der Waals surface area contributed by atoms with E-state index in [1.165, 1.54) is 44.3 Å². The number of carbonyl (C=O) groups excluding carboxylic acids is 2. The quantitative estimate of drug-likeness (QED) is 0.189. The zero-order valence-corrected chi connectivity index (χ0v) is 26.3. The monoisotopic (exact) mass is 614 g/mol. The number of likely N-dealkylation sites (tertiary alicyclic amines) is 1. The number of hydrogen-bond donors (Lipinski definition) is 2. The summed E-state index contributed by atoms with van der Waals surface area (Å²) in [7, 11) is 0. The predicted molar refractivity (Wildman–Crippen MR) is 183 cm³/mol. The maximum absolute atomic E-state index is 13.2. The number of nitrogens with one attached hydrogen (secondary N) is 1. The largest absolute Gasteiger partial charge is 0.364 e. The van der Waals surface area contributed by atoms with Crippen LogP contribution in [0.1, 0.15) is 77.3 Å². The van der Waals surface area contributed by atoms with Crippen molar-refractivity contribution in [2.75, 3.05) is 36.4 Å². The number of anilines is 3. The van der Waals surface area contributed by atoms with Crippen LogP contribution in [0, 0.1) is 5.92 Å². The zero-order chi connectivity index (χ0) is 31.5. The first-order valence-electron chi connectivity index (χ1n) is 16.7. The number of nitrogens with zero attached hydrogens (tertiary/aromatic N) is 4. The molecule has 2 aliphatic heterocycles. The third-order valence-electron chi connectivity index (χ3n) is 9.86. The number of piperidine rings is 2. The molecule has 0 bridgehead atoms. The summed E-state index contributed by atoms with van der Waals surface area (Å²) in [6.45, 7) is 3.89. The number of carbonyl (C=O) groups is 2. The molecule has 3 fully saturated rings. The standard InChI is InChI=1S/C38H42N6O2/c39-37(46)36-38(41-32-14-12-29(13-15-32)30-18-21-43(22-19-30)33-16-17-33)42-35(24-40-36)44-20-4-5-26(25-44)23-34(45)31-10-8-28(9-11-31)27-6-2-1-3-7-27/h1-3,6-15,24,26,30,33H,4-5,16-23,25H2,(H2,39,46)(H,41,42)/t26-/m0/s1. The van der Waals surface area contributed by atoms with Crippen molar-refractivity contribution in [2.45, 2.75) is 56.9 Å². The molecule has 8 heteroatoms. The minimum Gasteiger partial charge on any atom is -0.364 e. The summed E-state index contributed by atoms with van der Waals surface area (Å²) < 4.78 is 0. The Morgan fingerprint density at radius 1 is 0.826 bits per heavy atom. The van der Waals surface area contributed by atoms with E-state index in [4.69, 9.17) is 10.7 Å². The molecule has 2 saturated heterocycles. The molecule has 0 unspecified atom stereocenters. The molecule has 46 heavy (non-hydrogen) atoms. The van der Waals surface area contributed by atoms with Gasteiger partial charge in [0.2, 0.25) is 0 Å². The van der Waals surface area contributed by atoms with Gasteiger partial charge in [-0.15, -0.1) is 0 Å². The Kier molecular flexibility index (Phi) is 8.79. The van der Waals surface area contributed by atoms with Gasteiger partial charge in [-0.2, -0.15) is 0 Å². The molecular weight excluding hydrogens is 572 g/mol. The first-order chi connectivity index (χ1) is 22.5. The van der Waals surface area contributed by atoms with E-state index < -0.39 is 5.91 Å². The van der Waals surface area contributed by atoms with Crippen molar-refractivity contribution >= 4 is 29.0 Å². The lowest BCUT2D eigenvalue weighted by molar-refractivity contribution is 0.0954. The Hall–Kier alpha value is -4.56. The summed E-state index contributed by atoms with van der Waals surface area (Å²) in [5.74, 6) is 1.35. The first-order valence-corrected chi connectivity index (χ1v) is 16.7. The number of aromatic nitrogens is 2. The van der Waals surface area contributed by atoms with Crippen molar-refractivity contribution < 1.29 is 9.59 Å². The Labute approximate surface area is 271 Å². The van der Waals surface area contributed by atoms with Gasteiger partial charge in [0, 0.05) is 36.8 Å². The van der Waals surface area contributed by atoms with E-state index in [0.29, 0.717) is 30.5 Å². The van der Waals surface area contributed by atoms with E-state index in [1.807, 2.05) is 42.5 Å². The summed E-state index contributed by atoms with van der Waals surface area (Å²) in [5.41, 5.74) is 11.0. The maximum atomic E-state index is 13.2. The van der Waals surface area contributed by atoms with Crippen molar-refractivity contribution in [3.05, 3.63) is 102 Å². The van der Waals surface area contributed by atoms with Crippen molar-refractivity contribution in [3.63, 3.8) is 0 Å². The average Bonchev–Trinajstić information content (AvgIpc) is 3.95. The number of primary amides is 1. The molecule has 4 aromatic rings. The van der Waals surface area contributed by atoms with E-state index in [2.05, 4.69) is 56.5 Å². The Bertz CT molecular complexity index is 1660. The number of nitrogens with two attached hydrogens (primary N) is 1. The van der Waals surface area contributed by atoms with Crippen LogP contribution in [0.25, 0.3) is 11.1 Å². The van der Waals surface area contributed by atoms with Crippen molar-refractivity contribution in [2.24, 2.45) is 11.7 Å². The second-order valence-electron chi connectivity index (χ2n) is 13.1. The molecule has 0 spiro atoms. The molecule has 3 aromatic carbocycles. The molecule has 1 aliphatic carbocycles. The Balaban J connectivity index is 0.994. The van der Waals surface area contributed by atoms with Crippen molar-refractivity contribution in [1.29, 1.82) is 0 Å². The number of hydrogen-bond acceptors (Lipinski definition) is 7. The van der Waals surface area contributed by atoms with E-state index in [9.17, 15) is 9.59 Å². The van der Waals surface area contributed by atoms with Crippen LogP contribution in [0.4, 0.5) is 17.3 Å². The van der Waals surface area contributed by atoms with Crippen molar-refractivity contribution in [1.82, 2.24) is 14.9 Å². The summed E-state index contributed by atoms with van der Waals surface area (Å²) in [6, 6.07) is 27.4. The second-order valence-corrected chi connectivity index (χ2v) is 13.1. The van der Waals surface area contributed by atoms with Crippen LogP contribution in [-0.2, 0) is 0 Å². The topological polar surface area (TPSA) is 104 Å². The van der Waals surface area contributed by atoms with E-state index in [-0.39, 0.29) is 17.4 Å². The van der Waals surface area contributed by atoms with Gasteiger partial charge in [-0.1, -0.05) is 66.7 Å². The molecule has 0 radical (unpaired) electrons. The molecule has 3 aliphatic rings. The van der Waals surface area contributed by atoms with Crippen LogP contribution in [0.3, 0.4) is 0 Å². The van der Waals surface area contributed by atoms with Crippen LogP contribution in [-0.4, -0.2) is 58.8 Å². The number of rotatable bonds is 10. The van der Waals surface area contributed by atoms with Crippen LogP contribution in [0.15, 0.2) is 85.1 Å². The van der Waals surface area contributed by atoms with E-state index in [0.717, 1.165) is 47.8 Å². The fraction of sp³-hybridized carbons (Fsp3) is 0.368. The highest BCUT2D eigenvalue weighted by Crippen LogP contribution is 2.35. The highest BCUT2D eigenvalue weighted by Gasteiger charge is 2.32. The van der Waals surface area contributed by atoms with Gasteiger partial charge < -0.3 is 20.9 Å². The van der Waals surface area contributed by atoms with Gasteiger partial charge in [0.05, 0.1) is 6.20 Å². The molecule has 1 atom stereocenters. The van der Waals surface area contributed by atoms with Gasteiger partial charge in [-0.05, 0) is 92.3 Å². The lowest BCUT2D eigenvalue weighted by Crippen LogP contribution is -2.37. The van der Waals surface area contributed by atoms with Gasteiger partial charge in [0.25, 0.3) is 5.91 Å².